The van der Waals surface area contributed by atoms with Gasteiger partial charge in [-0.15, -0.1) is 0 Å². The van der Waals surface area contributed by atoms with Crippen molar-refractivity contribution in [1.82, 2.24) is 9.80 Å². The summed E-state index contributed by atoms with van der Waals surface area (Å²) in [6.07, 6.45) is 6.02. The molecular formula is C20H28N2O3. The van der Waals surface area contributed by atoms with Crippen LogP contribution in [0.5, 0.6) is 0 Å². The van der Waals surface area contributed by atoms with Crippen LogP contribution in [0.3, 0.4) is 0 Å². The Morgan fingerprint density at radius 3 is 2.60 bits per heavy atom. The second kappa shape index (κ2) is 8.00. The van der Waals surface area contributed by atoms with Gasteiger partial charge >= 0.3 is 0 Å². The number of aryl methyl sites for hydroxylation is 1. The van der Waals surface area contributed by atoms with Crippen molar-refractivity contribution >= 4 is 11.8 Å². The second-order valence-corrected chi connectivity index (χ2v) is 7.24. The molecule has 5 heteroatoms. The van der Waals surface area contributed by atoms with E-state index in [9.17, 15) is 9.59 Å². The third kappa shape index (κ3) is 4.21. The van der Waals surface area contributed by atoms with Gasteiger partial charge in [0.25, 0.3) is 5.91 Å². The van der Waals surface area contributed by atoms with Crippen LogP contribution in [0.2, 0.25) is 0 Å². The van der Waals surface area contributed by atoms with E-state index >= 15 is 0 Å². The van der Waals surface area contributed by atoms with Gasteiger partial charge in [-0.3, -0.25) is 9.59 Å². The predicted molar refractivity (Wildman–Crippen MR) is 96.5 cm³/mol. The van der Waals surface area contributed by atoms with E-state index in [1.165, 1.54) is 12.8 Å². The molecule has 136 valence electrons. The summed E-state index contributed by atoms with van der Waals surface area (Å²) in [5, 5.41) is 0. The van der Waals surface area contributed by atoms with Gasteiger partial charge in [-0.1, -0.05) is 25.0 Å². The van der Waals surface area contributed by atoms with Crippen LogP contribution in [-0.4, -0.2) is 61.0 Å². The zero-order valence-corrected chi connectivity index (χ0v) is 15.2. The van der Waals surface area contributed by atoms with E-state index in [0.29, 0.717) is 25.0 Å². The maximum absolute atomic E-state index is 12.7. The van der Waals surface area contributed by atoms with Crippen molar-refractivity contribution in [2.45, 2.75) is 50.7 Å². The van der Waals surface area contributed by atoms with Crippen molar-refractivity contribution in [3.8, 4) is 0 Å². The van der Waals surface area contributed by atoms with Crippen LogP contribution in [0.25, 0.3) is 0 Å². The first-order valence-electron chi connectivity index (χ1n) is 9.28. The standard InChI is InChI=1S/C20H28N2O3/c1-21(2)20(24)16-10-7-15(8-11-16)9-12-19(23)22-13-14-25-18-6-4-3-5-17(18)22/h7-8,10-11,17-18H,3-6,9,12-14H2,1-2H3. The Labute approximate surface area is 149 Å². The van der Waals surface area contributed by atoms with Gasteiger partial charge in [0.05, 0.1) is 18.8 Å². The third-order valence-corrected chi connectivity index (χ3v) is 5.29. The van der Waals surface area contributed by atoms with E-state index < -0.39 is 0 Å². The van der Waals surface area contributed by atoms with Crippen molar-refractivity contribution in [2.24, 2.45) is 0 Å². The minimum atomic E-state index is -0.000664. The summed E-state index contributed by atoms with van der Waals surface area (Å²) in [7, 11) is 3.49. The minimum absolute atomic E-state index is 0.000664. The van der Waals surface area contributed by atoms with Crippen LogP contribution in [-0.2, 0) is 16.0 Å². The Hall–Kier alpha value is -1.88. The SMILES string of the molecule is CN(C)C(=O)c1ccc(CCC(=O)N2CCOC3CCCCC32)cc1. The first-order valence-corrected chi connectivity index (χ1v) is 9.28. The Bertz CT molecular complexity index is 610. The molecule has 0 spiro atoms. The summed E-state index contributed by atoms with van der Waals surface area (Å²) >= 11 is 0. The number of benzene rings is 1. The summed E-state index contributed by atoms with van der Waals surface area (Å²) in [5.41, 5.74) is 1.77. The molecule has 1 heterocycles. The van der Waals surface area contributed by atoms with Gasteiger partial charge in [0, 0.05) is 32.6 Å². The molecule has 2 fully saturated rings. The molecule has 1 aliphatic heterocycles. The first-order chi connectivity index (χ1) is 12.1. The number of morpholine rings is 1. The number of amides is 2. The van der Waals surface area contributed by atoms with Crippen molar-refractivity contribution < 1.29 is 14.3 Å². The molecule has 2 unspecified atom stereocenters. The summed E-state index contributed by atoms with van der Waals surface area (Å²) in [5.74, 6) is 0.230. The molecule has 1 aromatic rings. The topological polar surface area (TPSA) is 49.9 Å². The molecule has 0 bridgehead atoms. The highest BCUT2D eigenvalue weighted by Crippen LogP contribution is 2.29. The van der Waals surface area contributed by atoms with Crippen LogP contribution in [0, 0.1) is 0 Å². The molecule has 25 heavy (non-hydrogen) atoms. The fourth-order valence-electron chi connectivity index (χ4n) is 3.87. The average molecular weight is 344 g/mol. The van der Waals surface area contributed by atoms with Crippen LogP contribution in [0.15, 0.2) is 24.3 Å². The van der Waals surface area contributed by atoms with Crippen molar-refractivity contribution in [2.75, 3.05) is 27.2 Å². The van der Waals surface area contributed by atoms with Crippen LogP contribution >= 0.6 is 0 Å². The van der Waals surface area contributed by atoms with E-state index in [1.54, 1.807) is 19.0 Å². The maximum atomic E-state index is 12.7. The Morgan fingerprint density at radius 1 is 1.16 bits per heavy atom. The summed E-state index contributed by atoms with van der Waals surface area (Å²) < 4.78 is 5.85. The molecular weight excluding hydrogens is 316 g/mol. The summed E-state index contributed by atoms with van der Waals surface area (Å²) in [4.78, 5) is 28.2. The molecule has 1 saturated heterocycles. The van der Waals surface area contributed by atoms with E-state index in [0.717, 1.165) is 24.9 Å². The van der Waals surface area contributed by atoms with Crippen molar-refractivity contribution in [3.05, 3.63) is 35.4 Å². The van der Waals surface area contributed by atoms with Gasteiger partial charge in [-0.2, -0.15) is 0 Å². The van der Waals surface area contributed by atoms with Crippen LogP contribution in [0.4, 0.5) is 0 Å². The quantitative estimate of drug-likeness (QED) is 0.843. The second-order valence-electron chi connectivity index (χ2n) is 7.24. The number of hydrogen-bond acceptors (Lipinski definition) is 3. The minimum Gasteiger partial charge on any atom is -0.374 e. The number of carbonyl (C=O) groups is 2. The van der Waals surface area contributed by atoms with E-state index in [1.807, 2.05) is 24.3 Å². The largest absolute Gasteiger partial charge is 0.374 e. The number of ether oxygens (including phenoxy) is 1. The molecule has 1 saturated carbocycles. The van der Waals surface area contributed by atoms with Gasteiger partial charge in [0.1, 0.15) is 0 Å². The average Bonchev–Trinajstić information content (AvgIpc) is 2.65. The lowest BCUT2D eigenvalue weighted by Gasteiger charge is -2.43. The number of nitrogens with zero attached hydrogens (tertiary/aromatic N) is 2. The Balaban J connectivity index is 1.55. The normalized spacial score (nSPS) is 23.0. The Morgan fingerprint density at radius 2 is 1.88 bits per heavy atom. The van der Waals surface area contributed by atoms with Gasteiger partial charge < -0.3 is 14.5 Å². The molecule has 5 nitrogen and oxygen atoms in total. The Kier molecular flexibility index (Phi) is 5.74. The smallest absolute Gasteiger partial charge is 0.253 e. The monoisotopic (exact) mass is 344 g/mol. The lowest BCUT2D eigenvalue weighted by molar-refractivity contribution is -0.149. The fraction of sp³-hybridized carbons (Fsp3) is 0.600. The number of carbonyl (C=O) groups excluding carboxylic acids is 2. The zero-order valence-electron chi connectivity index (χ0n) is 15.2. The van der Waals surface area contributed by atoms with E-state index in [4.69, 9.17) is 4.74 Å². The van der Waals surface area contributed by atoms with Crippen molar-refractivity contribution in [1.29, 1.82) is 0 Å². The lowest BCUT2D eigenvalue weighted by atomic mass is 9.90. The van der Waals surface area contributed by atoms with E-state index in [2.05, 4.69) is 4.90 Å². The maximum Gasteiger partial charge on any atom is 0.253 e. The summed E-state index contributed by atoms with van der Waals surface area (Å²) in [6.45, 7) is 1.38. The van der Waals surface area contributed by atoms with Crippen LogP contribution < -0.4 is 0 Å². The molecule has 2 atom stereocenters. The fourth-order valence-corrected chi connectivity index (χ4v) is 3.87. The number of rotatable bonds is 4. The lowest BCUT2D eigenvalue weighted by Crippen LogP contribution is -2.54. The van der Waals surface area contributed by atoms with Crippen LogP contribution in [0.1, 0.15) is 48.0 Å². The molecule has 3 rings (SSSR count). The third-order valence-electron chi connectivity index (χ3n) is 5.29. The first kappa shape index (κ1) is 17.9. The van der Waals surface area contributed by atoms with E-state index in [-0.39, 0.29) is 24.0 Å². The van der Waals surface area contributed by atoms with Gasteiger partial charge in [0.2, 0.25) is 5.91 Å². The predicted octanol–water partition coefficient (Wildman–Crippen LogP) is 2.49. The summed E-state index contributed by atoms with van der Waals surface area (Å²) in [6, 6.07) is 7.86. The van der Waals surface area contributed by atoms with Gasteiger partial charge in [-0.05, 0) is 37.0 Å². The van der Waals surface area contributed by atoms with Crippen molar-refractivity contribution in [3.63, 3.8) is 0 Å². The molecule has 1 aromatic carbocycles. The zero-order chi connectivity index (χ0) is 17.8. The highest BCUT2D eigenvalue weighted by molar-refractivity contribution is 5.93. The highest BCUT2D eigenvalue weighted by atomic mass is 16.5. The highest BCUT2D eigenvalue weighted by Gasteiger charge is 2.36. The molecule has 2 amide bonds. The number of fused-ring (bicyclic) bond motifs is 1. The molecule has 0 aromatic heterocycles. The molecule has 0 N–H and O–H groups in total. The van der Waals surface area contributed by atoms with Gasteiger partial charge in [0.15, 0.2) is 0 Å². The number of hydrogen-bond donors (Lipinski definition) is 0. The molecule has 2 aliphatic rings. The molecule has 1 aliphatic carbocycles. The molecule has 0 radical (unpaired) electrons. The van der Waals surface area contributed by atoms with Gasteiger partial charge in [-0.25, -0.2) is 0 Å².